The van der Waals surface area contributed by atoms with E-state index in [1.165, 1.54) is 6.92 Å². The Bertz CT molecular complexity index is 696. The van der Waals surface area contributed by atoms with Gasteiger partial charge in [0, 0.05) is 12.6 Å². The zero-order valence-electron chi connectivity index (χ0n) is 13.7. The van der Waals surface area contributed by atoms with E-state index in [1.54, 1.807) is 0 Å². The van der Waals surface area contributed by atoms with Crippen LogP contribution >= 0.6 is 0 Å². The van der Waals surface area contributed by atoms with Crippen molar-refractivity contribution in [2.45, 2.75) is 33.2 Å². The minimum atomic E-state index is -0.334. The number of nitrogens with one attached hydrogen (secondary N) is 2. The van der Waals surface area contributed by atoms with E-state index >= 15 is 0 Å². The number of benzene rings is 2. The third-order valence-electron chi connectivity index (χ3n) is 3.85. The molecule has 0 saturated carbocycles. The summed E-state index contributed by atoms with van der Waals surface area (Å²) in [6, 6.07) is 15.0. The van der Waals surface area contributed by atoms with Gasteiger partial charge in [-0.15, -0.1) is 0 Å². The molecule has 2 amide bonds. The van der Waals surface area contributed by atoms with Gasteiger partial charge in [-0.05, 0) is 36.6 Å². The maximum absolute atomic E-state index is 12.4. The second-order valence-electron chi connectivity index (χ2n) is 5.66. The first kappa shape index (κ1) is 16.7. The topological polar surface area (TPSA) is 58.2 Å². The fraction of sp³-hybridized carbons (Fsp3) is 0.263. The Morgan fingerprint density at radius 1 is 1.00 bits per heavy atom. The Morgan fingerprint density at radius 2 is 1.70 bits per heavy atom. The number of anilines is 1. The third kappa shape index (κ3) is 4.68. The maximum atomic E-state index is 12.4. The molecule has 2 N–H and O–H groups in total. The van der Waals surface area contributed by atoms with Crippen LogP contribution in [0, 0.1) is 13.8 Å². The summed E-state index contributed by atoms with van der Waals surface area (Å²) in [6.45, 7) is 5.45. The number of hydrogen-bond donors (Lipinski definition) is 2. The molecule has 23 heavy (non-hydrogen) atoms. The summed E-state index contributed by atoms with van der Waals surface area (Å²) in [6.07, 6.45) is 0.191. The van der Waals surface area contributed by atoms with Crippen LogP contribution in [0.15, 0.2) is 48.5 Å². The van der Waals surface area contributed by atoms with Gasteiger partial charge in [0.05, 0.1) is 12.5 Å². The summed E-state index contributed by atoms with van der Waals surface area (Å²) in [7, 11) is 0. The minimum Gasteiger partial charge on any atom is -0.349 e. The maximum Gasteiger partial charge on any atom is 0.226 e. The largest absolute Gasteiger partial charge is 0.349 e. The van der Waals surface area contributed by atoms with Gasteiger partial charge < -0.3 is 10.6 Å². The molecule has 0 radical (unpaired) electrons. The molecule has 0 bridgehead atoms. The van der Waals surface area contributed by atoms with Gasteiger partial charge >= 0.3 is 0 Å². The fourth-order valence-corrected chi connectivity index (χ4v) is 2.46. The molecule has 0 spiro atoms. The highest BCUT2D eigenvalue weighted by atomic mass is 16.2. The van der Waals surface area contributed by atoms with Crippen molar-refractivity contribution < 1.29 is 9.59 Å². The van der Waals surface area contributed by atoms with E-state index in [0.717, 1.165) is 22.4 Å². The van der Waals surface area contributed by atoms with Gasteiger partial charge in [0.1, 0.15) is 0 Å². The summed E-state index contributed by atoms with van der Waals surface area (Å²) >= 11 is 0. The fourth-order valence-electron chi connectivity index (χ4n) is 2.46. The van der Waals surface area contributed by atoms with Gasteiger partial charge in [0.25, 0.3) is 0 Å². The third-order valence-corrected chi connectivity index (χ3v) is 3.85. The van der Waals surface area contributed by atoms with Crippen molar-refractivity contribution in [3.05, 3.63) is 65.2 Å². The highest BCUT2D eigenvalue weighted by Crippen LogP contribution is 2.21. The van der Waals surface area contributed by atoms with Crippen LogP contribution in [0.25, 0.3) is 0 Å². The van der Waals surface area contributed by atoms with E-state index in [2.05, 4.69) is 10.6 Å². The van der Waals surface area contributed by atoms with Crippen molar-refractivity contribution in [3.8, 4) is 0 Å². The van der Waals surface area contributed by atoms with E-state index in [0.29, 0.717) is 0 Å². The van der Waals surface area contributed by atoms with Crippen LogP contribution < -0.4 is 10.6 Å². The minimum absolute atomic E-state index is 0.124. The van der Waals surface area contributed by atoms with Gasteiger partial charge in [-0.2, -0.15) is 0 Å². The Balaban J connectivity index is 2.11. The second kappa shape index (κ2) is 7.58. The van der Waals surface area contributed by atoms with E-state index < -0.39 is 0 Å². The van der Waals surface area contributed by atoms with Gasteiger partial charge in [0.2, 0.25) is 11.8 Å². The monoisotopic (exact) mass is 310 g/mol. The van der Waals surface area contributed by atoms with Crippen LogP contribution in [0.2, 0.25) is 0 Å². The predicted octanol–water partition coefficient (Wildman–Crippen LogP) is 3.51. The van der Waals surface area contributed by atoms with E-state index in [1.807, 2.05) is 62.4 Å². The number of aryl methyl sites for hydroxylation is 1. The standard InChI is InChI=1S/C19H22N2O2/c1-13-8-7-11-17(14(13)2)21-19(23)12-18(20-15(3)22)16-9-5-4-6-10-16/h4-11,18H,12H2,1-3H3,(H,20,22)(H,21,23). The summed E-state index contributed by atoms with van der Waals surface area (Å²) < 4.78 is 0. The molecule has 0 aliphatic heterocycles. The lowest BCUT2D eigenvalue weighted by Gasteiger charge is -2.18. The highest BCUT2D eigenvalue weighted by molar-refractivity contribution is 5.92. The molecular formula is C19H22N2O2. The van der Waals surface area contributed by atoms with Crippen molar-refractivity contribution in [1.29, 1.82) is 0 Å². The quantitative estimate of drug-likeness (QED) is 0.888. The van der Waals surface area contributed by atoms with Crippen molar-refractivity contribution in [1.82, 2.24) is 5.32 Å². The van der Waals surface area contributed by atoms with E-state index in [9.17, 15) is 9.59 Å². The molecule has 0 aliphatic rings. The number of rotatable bonds is 5. The van der Waals surface area contributed by atoms with E-state index in [-0.39, 0.29) is 24.3 Å². The van der Waals surface area contributed by atoms with Crippen molar-refractivity contribution in [2.24, 2.45) is 0 Å². The SMILES string of the molecule is CC(=O)NC(CC(=O)Nc1cccc(C)c1C)c1ccccc1. The lowest BCUT2D eigenvalue weighted by Crippen LogP contribution is -2.29. The summed E-state index contributed by atoms with van der Waals surface area (Å²) in [5.41, 5.74) is 3.91. The van der Waals surface area contributed by atoms with Gasteiger partial charge in [-0.1, -0.05) is 42.5 Å². The molecule has 1 atom stereocenters. The van der Waals surface area contributed by atoms with Gasteiger partial charge in [-0.25, -0.2) is 0 Å². The van der Waals surface area contributed by atoms with Crippen molar-refractivity contribution in [3.63, 3.8) is 0 Å². The first-order chi connectivity index (χ1) is 11.0. The van der Waals surface area contributed by atoms with Gasteiger partial charge in [0.15, 0.2) is 0 Å². The lowest BCUT2D eigenvalue weighted by molar-refractivity contribution is -0.120. The van der Waals surface area contributed by atoms with Crippen molar-refractivity contribution >= 4 is 17.5 Å². The summed E-state index contributed by atoms with van der Waals surface area (Å²) in [5, 5.41) is 5.77. The highest BCUT2D eigenvalue weighted by Gasteiger charge is 2.17. The Labute approximate surface area is 136 Å². The molecule has 0 aromatic heterocycles. The first-order valence-electron chi connectivity index (χ1n) is 7.65. The van der Waals surface area contributed by atoms with E-state index in [4.69, 9.17) is 0 Å². The summed E-state index contributed by atoms with van der Waals surface area (Å²) in [5.74, 6) is -0.278. The molecule has 0 fully saturated rings. The second-order valence-corrected chi connectivity index (χ2v) is 5.66. The molecule has 120 valence electrons. The average molecular weight is 310 g/mol. The predicted molar refractivity (Wildman–Crippen MR) is 92.2 cm³/mol. The van der Waals surface area contributed by atoms with Crippen LogP contribution in [-0.2, 0) is 9.59 Å². The zero-order valence-corrected chi connectivity index (χ0v) is 13.7. The Morgan fingerprint density at radius 3 is 2.35 bits per heavy atom. The van der Waals surface area contributed by atoms with Gasteiger partial charge in [-0.3, -0.25) is 9.59 Å². The molecule has 2 rings (SSSR count). The Kier molecular flexibility index (Phi) is 5.52. The first-order valence-corrected chi connectivity index (χ1v) is 7.65. The normalized spacial score (nSPS) is 11.6. The molecule has 1 unspecified atom stereocenters. The smallest absolute Gasteiger partial charge is 0.226 e. The number of carbonyl (C=O) groups excluding carboxylic acids is 2. The zero-order chi connectivity index (χ0) is 16.8. The van der Waals surface area contributed by atoms with Crippen LogP contribution in [0.1, 0.15) is 36.1 Å². The number of hydrogen-bond acceptors (Lipinski definition) is 2. The lowest BCUT2D eigenvalue weighted by atomic mass is 10.0. The molecule has 2 aromatic carbocycles. The van der Waals surface area contributed by atoms with Crippen LogP contribution in [0.3, 0.4) is 0 Å². The Hall–Kier alpha value is -2.62. The van der Waals surface area contributed by atoms with Crippen LogP contribution in [0.4, 0.5) is 5.69 Å². The molecular weight excluding hydrogens is 288 g/mol. The molecule has 0 heterocycles. The molecule has 0 aliphatic carbocycles. The number of amides is 2. The molecule has 2 aromatic rings. The average Bonchev–Trinajstić information content (AvgIpc) is 2.51. The van der Waals surface area contributed by atoms with Crippen LogP contribution in [0.5, 0.6) is 0 Å². The molecule has 0 saturated heterocycles. The summed E-state index contributed by atoms with van der Waals surface area (Å²) in [4.78, 5) is 23.8. The number of carbonyl (C=O) groups is 2. The van der Waals surface area contributed by atoms with Crippen LogP contribution in [-0.4, -0.2) is 11.8 Å². The van der Waals surface area contributed by atoms with Crippen molar-refractivity contribution in [2.75, 3.05) is 5.32 Å². The molecule has 4 nitrogen and oxygen atoms in total. The molecule has 4 heteroatoms.